The predicted molar refractivity (Wildman–Crippen MR) is 87.0 cm³/mol. The molecule has 2 aromatic rings. The Kier molecular flexibility index (Phi) is 5.98. The molecule has 0 radical (unpaired) electrons. The molecule has 2 nitrogen and oxygen atoms in total. The molecule has 0 heterocycles. The van der Waals surface area contributed by atoms with Crippen molar-refractivity contribution < 1.29 is 0 Å². The molecule has 0 aliphatic heterocycles. The van der Waals surface area contributed by atoms with Crippen LogP contribution < -0.4 is 5.73 Å². The number of nitrogens with zero attached hydrogens (tertiary/aromatic N) is 1. The number of halogens is 4. The van der Waals surface area contributed by atoms with Gasteiger partial charge >= 0.3 is 0 Å². The van der Waals surface area contributed by atoms with Crippen molar-refractivity contribution in [3.05, 3.63) is 62.6 Å². The lowest BCUT2D eigenvalue weighted by molar-refractivity contribution is 1.04. The maximum Gasteiger partial charge on any atom is 0.0991 e. The lowest BCUT2D eigenvalue weighted by Gasteiger charge is -2.14. The summed E-state index contributed by atoms with van der Waals surface area (Å²) in [6.45, 7) is 0. The van der Waals surface area contributed by atoms with Crippen LogP contribution in [-0.4, -0.2) is 0 Å². The number of nitrogens with two attached hydrogens (primary N) is 1. The summed E-state index contributed by atoms with van der Waals surface area (Å²) < 4.78 is 0. The van der Waals surface area contributed by atoms with Gasteiger partial charge in [-0.2, -0.15) is 5.26 Å². The van der Waals surface area contributed by atoms with Crippen LogP contribution in [-0.2, 0) is 0 Å². The van der Waals surface area contributed by atoms with Crippen LogP contribution >= 0.6 is 47.2 Å². The van der Waals surface area contributed by atoms with Crippen molar-refractivity contribution >= 4 is 52.9 Å². The van der Waals surface area contributed by atoms with Crippen molar-refractivity contribution in [1.29, 1.82) is 5.26 Å². The largest absolute Gasteiger partial charge is 0.399 e. The third kappa shape index (κ3) is 3.50. The highest BCUT2D eigenvalue weighted by Crippen LogP contribution is 2.37. The smallest absolute Gasteiger partial charge is 0.0991 e. The third-order valence-electron chi connectivity index (χ3n) is 2.72. The highest BCUT2D eigenvalue weighted by Gasteiger charge is 2.20. The Morgan fingerprint density at radius 3 is 1.95 bits per heavy atom. The van der Waals surface area contributed by atoms with E-state index in [4.69, 9.17) is 40.5 Å². The van der Waals surface area contributed by atoms with Crippen LogP contribution in [0.4, 0.5) is 5.69 Å². The van der Waals surface area contributed by atoms with Gasteiger partial charge in [-0.05, 0) is 29.8 Å². The van der Waals surface area contributed by atoms with Crippen LogP contribution in [0.25, 0.3) is 0 Å². The Hall–Kier alpha value is -1.11. The van der Waals surface area contributed by atoms with E-state index in [9.17, 15) is 5.26 Å². The number of anilines is 1. The molecular formula is C14H10Cl4N2. The molecule has 2 rings (SSSR count). The topological polar surface area (TPSA) is 49.8 Å². The molecular weight excluding hydrogens is 338 g/mol. The van der Waals surface area contributed by atoms with E-state index in [2.05, 4.69) is 6.07 Å². The van der Waals surface area contributed by atoms with Crippen LogP contribution in [0.1, 0.15) is 17.0 Å². The molecule has 0 aliphatic carbocycles. The zero-order chi connectivity index (χ0) is 14.0. The zero-order valence-corrected chi connectivity index (χ0v) is 13.2. The van der Waals surface area contributed by atoms with Gasteiger partial charge in [-0.3, -0.25) is 0 Å². The average Bonchev–Trinajstić information content (AvgIpc) is 2.35. The molecule has 1 unspecified atom stereocenters. The summed E-state index contributed by atoms with van der Waals surface area (Å²) in [5, 5.41) is 10.8. The fourth-order valence-electron chi connectivity index (χ4n) is 1.84. The van der Waals surface area contributed by atoms with Gasteiger partial charge in [0.25, 0.3) is 0 Å². The van der Waals surface area contributed by atoms with E-state index < -0.39 is 5.92 Å². The summed E-state index contributed by atoms with van der Waals surface area (Å²) in [6.07, 6.45) is 0. The van der Waals surface area contributed by atoms with Gasteiger partial charge in [0.2, 0.25) is 0 Å². The first-order valence-corrected chi connectivity index (χ1v) is 6.56. The van der Waals surface area contributed by atoms with Crippen molar-refractivity contribution in [2.75, 3.05) is 5.73 Å². The Labute approximate surface area is 138 Å². The van der Waals surface area contributed by atoms with Crippen LogP contribution in [0.5, 0.6) is 0 Å². The van der Waals surface area contributed by atoms with E-state index >= 15 is 0 Å². The minimum atomic E-state index is -0.558. The van der Waals surface area contributed by atoms with E-state index in [0.29, 0.717) is 26.3 Å². The van der Waals surface area contributed by atoms with Crippen LogP contribution in [0.3, 0.4) is 0 Å². The average molecular weight is 348 g/mol. The summed E-state index contributed by atoms with van der Waals surface area (Å²) >= 11 is 18.1. The third-order valence-corrected chi connectivity index (χ3v) is 3.60. The van der Waals surface area contributed by atoms with Gasteiger partial charge in [-0.15, -0.1) is 12.4 Å². The predicted octanol–water partition coefficient (Wildman–Crippen LogP) is 5.31. The van der Waals surface area contributed by atoms with Crippen molar-refractivity contribution in [2.24, 2.45) is 0 Å². The van der Waals surface area contributed by atoms with E-state index in [1.807, 2.05) is 0 Å². The molecule has 0 saturated heterocycles. The Morgan fingerprint density at radius 2 is 1.50 bits per heavy atom. The maximum absolute atomic E-state index is 9.39. The Morgan fingerprint density at radius 1 is 1.00 bits per heavy atom. The second-order valence-corrected chi connectivity index (χ2v) is 5.26. The van der Waals surface area contributed by atoms with Gasteiger partial charge in [-0.1, -0.05) is 46.9 Å². The second-order valence-electron chi connectivity index (χ2n) is 4.01. The lowest BCUT2D eigenvalue weighted by atomic mass is 9.92. The van der Waals surface area contributed by atoms with Gasteiger partial charge in [0.1, 0.15) is 0 Å². The highest BCUT2D eigenvalue weighted by molar-refractivity contribution is 6.36. The first kappa shape index (κ1) is 16.9. The van der Waals surface area contributed by atoms with E-state index in [-0.39, 0.29) is 12.4 Å². The quantitative estimate of drug-likeness (QED) is 0.748. The first-order valence-electron chi connectivity index (χ1n) is 5.42. The molecule has 0 aromatic heterocycles. The highest BCUT2D eigenvalue weighted by atomic mass is 35.5. The number of rotatable bonds is 2. The van der Waals surface area contributed by atoms with Crippen molar-refractivity contribution in [3.63, 3.8) is 0 Å². The number of nitriles is 1. The van der Waals surface area contributed by atoms with Crippen LogP contribution in [0.15, 0.2) is 36.4 Å². The molecule has 6 heteroatoms. The van der Waals surface area contributed by atoms with Gasteiger partial charge in [0.15, 0.2) is 0 Å². The molecule has 0 spiro atoms. The fourth-order valence-corrected chi connectivity index (χ4v) is 2.69. The van der Waals surface area contributed by atoms with Gasteiger partial charge < -0.3 is 5.73 Å². The molecule has 20 heavy (non-hydrogen) atoms. The van der Waals surface area contributed by atoms with E-state index in [1.54, 1.807) is 36.4 Å². The maximum atomic E-state index is 9.39. The minimum absolute atomic E-state index is 0. The lowest BCUT2D eigenvalue weighted by Crippen LogP contribution is -2.01. The second kappa shape index (κ2) is 7.06. The monoisotopic (exact) mass is 346 g/mol. The van der Waals surface area contributed by atoms with Crippen molar-refractivity contribution in [3.8, 4) is 6.07 Å². The van der Waals surface area contributed by atoms with E-state index in [1.165, 1.54) is 0 Å². The molecule has 0 saturated carbocycles. The summed E-state index contributed by atoms with van der Waals surface area (Å²) in [5.41, 5.74) is 7.46. The number of hydrogen-bond acceptors (Lipinski definition) is 2. The normalized spacial score (nSPS) is 11.3. The first-order chi connectivity index (χ1) is 9.02. The molecule has 2 N–H and O–H groups in total. The van der Waals surface area contributed by atoms with E-state index in [0.717, 1.165) is 5.56 Å². The standard InChI is InChI=1S/C14H9Cl3N2.ClH/c15-9-3-1-8(2-4-9)11(7-18)14-12(16)5-10(19)6-13(14)17;/h1-6,11H,19H2;1H. The Balaban J connectivity index is 0.00000200. The number of nitrogen functional groups attached to an aromatic ring is 1. The Bertz CT molecular complexity index is 624. The van der Waals surface area contributed by atoms with Gasteiger partial charge in [0, 0.05) is 26.3 Å². The van der Waals surface area contributed by atoms with Crippen LogP contribution in [0, 0.1) is 11.3 Å². The summed E-state index contributed by atoms with van der Waals surface area (Å²) in [4.78, 5) is 0. The SMILES string of the molecule is Cl.N#CC(c1ccc(Cl)cc1)c1c(Cl)cc(N)cc1Cl. The minimum Gasteiger partial charge on any atom is -0.399 e. The summed E-state index contributed by atoms with van der Waals surface area (Å²) in [7, 11) is 0. The molecule has 0 aliphatic rings. The van der Waals surface area contributed by atoms with Crippen molar-refractivity contribution in [1.82, 2.24) is 0 Å². The van der Waals surface area contributed by atoms with Crippen LogP contribution in [0.2, 0.25) is 15.1 Å². The van der Waals surface area contributed by atoms with Crippen molar-refractivity contribution in [2.45, 2.75) is 5.92 Å². The molecule has 0 fully saturated rings. The molecule has 2 aromatic carbocycles. The van der Waals surface area contributed by atoms with Gasteiger partial charge in [-0.25, -0.2) is 0 Å². The zero-order valence-electron chi connectivity index (χ0n) is 10.1. The molecule has 0 bridgehead atoms. The van der Waals surface area contributed by atoms with Gasteiger partial charge in [0.05, 0.1) is 12.0 Å². The molecule has 1 atom stereocenters. The summed E-state index contributed by atoms with van der Waals surface area (Å²) in [5.74, 6) is -0.558. The molecule has 104 valence electrons. The fraction of sp³-hybridized carbons (Fsp3) is 0.0714. The number of benzene rings is 2. The summed E-state index contributed by atoms with van der Waals surface area (Å²) in [6, 6.07) is 12.4. The number of hydrogen-bond donors (Lipinski definition) is 1. The molecule has 0 amide bonds.